The molecule has 0 saturated carbocycles. The summed E-state index contributed by atoms with van der Waals surface area (Å²) < 4.78 is 2.50. The molecule has 0 radical (unpaired) electrons. The number of benzene rings is 7. The zero-order valence-corrected chi connectivity index (χ0v) is 28.9. The Morgan fingerprint density at radius 3 is 1.55 bits per heavy atom. The van der Waals surface area contributed by atoms with Gasteiger partial charge in [0.2, 0.25) is 0 Å². The fraction of sp³-hybridized carbons (Fsp3) is 0.0217. The van der Waals surface area contributed by atoms with Crippen molar-refractivity contribution in [3.05, 3.63) is 186 Å². The topological polar surface area (TPSA) is 38.7 Å². The lowest BCUT2D eigenvalue weighted by Crippen LogP contribution is -2.31. The van der Waals surface area contributed by atoms with Crippen LogP contribution in [0.5, 0.6) is 0 Å². The van der Waals surface area contributed by atoms with Gasteiger partial charge in [-0.3, -0.25) is 0 Å². The molecule has 7 aromatic carbocycles. The molecule has 1 spiro atoms. The molecule has 0 bridgehead atoms. The summed E-state index contributed by atoms with van der Waals surface area (Å²) in [5, 5.41) is 2.53. The van der Waals surface area contributed by atoms with E-state index in [1.54, 1.807) is 0 Å². The first-order valence-electron chi connectivity index (χ1n) is 17.1. The van der Waals surface area contributed by atoms with Crippen molar-refractivity contribution in [1.29, 1.82) is 0 Å². The zero-order chi connectivity index (χ0) is 33.5. The third-order valence-corrected chi connectivity index (χ3v) is 12.7. The van der Waals surface area contributed by atoms with Crippen LogP contribution < -0.4 is 0 Å². The van der Waals surface area contributed by atoms with Crippen LogP contribution in [0.4, 0.5) is 0 Å². The Balaban J connectivity index is 1.13. The molecule has 0 saturated heterocycles. The van der Waals surface area contributed by atoms with E-state index in [1.807, 2.05) is 59.5 Å². The number of thiophene rings is 1. The minimum absolute atomic E-state index is 0.390. The van der Waals surface area contributed by atoms with E-state index in [0.717, 1.165) is 16.7 Å². The van der Waals surface area contributed by atoms with Crippen molar-refractivity contribution in [1.82, 2.24) is 15.0 Å². The van der Waals surface area contributed by atoms with Gasteiger partial charge in [0.1, 0.15) is 0 Å². The molecule has 9 aromatic rings. The summed E-state index contributed by atoms with van der Waals surface area (Å²) in [5.74, 6) is 2.01. The fourth-order valence-electron chi connectivity index (χ4n) is 8.20. The summed E-state index contributed by atoms with van der Waals surface area (Å²) in [4.78, 5) is 17.6. The third kappa shape index (κ3) is 4.22. The molecule has 0 amide bonds. The van der Waals surface area contributed by atoms with E-state index in [-0.39, 0.29) is 5.41 Å². The summed E-state index contributed by atoms with van der Waals surface area (Å²) in [5.41, 5.74) is 10.6. The van der Waals surface area contributed by atoms with E-state index in [4.69, 9.17) is 15.0 Å². The molecule has 0 unspecified atom stereocenters. The van der Waals surface area contributed by atoms with Gasteiger partial charge in [0.05, 0.1) is 5.41 Å². The molecule has 3 nitrogen and oxygen atoms in total. The Morgan fingerprint density at radius 1 is 0.373 bits per heavy atom. The maximum atomic E-state index is 5.02. The second kappa shape index (κ2) is 11.1. The van der Waals surface area contributed by atoms with Crippen molar-refractivity contribution in [3.63, 3.8) is 0 Å². The molecule has 1 aliphatic carbocycles. The Morgan fingerprint density at radius 2 is 0.902 bits per heavy atom. The smallest absolute Gasteiger partial charge is 0.164 e. The Kier molecular flexibility index (Phi) is 6.27. The molecule has 0 atom stereocenters. The molecule has 0 fully saturated rings. The van der Waals surface area contributed by atoms with Gasteiger partial charge in [-0.25, -0.2) is 15.0 Å². The van der Waals surface area contributed by atoms with E-state index in [9.17, 15) is 0 Å². The molecule has 2 aromatic heterocycles. The number of hydrogen-bond donors (Lipinski definition) is 0. The van der Waals surface area contributed by atoms with Crippen molar-refractivity contribution < 1.29 is 0 Å². The van der Waals surface area contributed by atoms with E-state index >= 15 is 0 Å². The number of fused-ring (bicyclic) bond motifs is 12. The van der Waals surface area contributed by atoms with Crippen LogP contribution in [0, 0.1) is 0 Å². The largest absolute Gasteiger partial charge is 0.208 e. The average Bonchev–Trinajstić information content (AvgIpc) is 3.70. The predicted octanol–water partition coefficient (Wildman–Crippen LogP) is 12.1. The highest BCUT2D eigenvalue weighted by molar-refractivity contribution is 7.99. The second-order valence-electron chi connectivity index (χ2n) is 13.1. The minimum Gasteiger partial charge on any atom is -0.208 e. The van der Waals surface area contributed by atoms with Gasteiger partial charge in [-0.2, -0.15) is 0 Å². The lowest BCUT2D eigenvalue weighted by Gasteiger charge is -2.39. The molecule has 5 heteroatoms. The molecule has 51 heavy (non-hydrogen) atoms. The Bertz CT molecular complexity index is 2740. The average molecular weight is 686 g/mol. The van der Waals surface area contributed by atoms with Gasteiger partial charge in [-0.1, -0.05) is 145 Å². The monoisotopic (exact) mass is 685 g/mol. The standard InChI is InChI=1S/C46H27N3S2/c1-3-13-28(14-4-1)43-47-44(29-15-5-2-6-16-29)49-45(48-43)30-23-24-32-34-26-38-33(27-42(34)51-41(32)25-30)31-17-7-8-18-35(31)46(38)36-19-9-11-21-39(36)50-40-22-12-10-20-37(40)46/h1-27H. The summed E-state index contributed by atoms with van der Waals surface area (Å²) in [6, 6.07) is 59.0. The van der Waals surface area contributed by atoms with Crippen LogP contribution in [0.25, 0.3) is 65.5 Å². The van der Waals surface area contributed by atoms with Crippen LogP contribution in [0.1, 0.15) is 22.3 Å². The molecular weight excluding hydrogens is 659 g/mol. The Labute approximate surface area is 303 Å². The van der Waals surface area contributed by atoms with Crippen LogP contribution in [0.3, 0.4) is 0 Å². The molecular formula is C46H27N3S2. The SMILES string of the molecule is c1ccc(-c2nc(-c3ccccc3)nc(-c3ccc4c(c3)sc3cc5c(cc34)C3(c4ccccc4Sc4ccccc43)c3ccccc3-5)n2)cc1. The van der Waals surface area contributed by atoms with Gasteiger partial charge in [0.15, 0.2) is 17.5 Å². The molecule has 2 aliphatic rings. The van der Waals surface area contributed by atoms with Crippen LogP contribution >= 0.6 is 23.1 Å². The summed E-state index contributed by atoms with van der Waals surface area (Å²) >= 11 is 3.73. The summed E-state index contributed by atoms with van der Waals surface area (Å²) in [6.07, 6.45) is 0. The van der Waals surface area contributed by atoms with E-state index < -0.39 is 0 Å². The number of nitrogens with zero attached hydrogens (tertiary/aromatic N) is 3. The van der Waals surface area contributed by atoms with Crippen molar-refractivity contribution in [2.75, 3.05) is 0 Å². The number of hydrogen-bond acceptors (Lipinski definition) is 5. The van der Waals surface area contributed by atoms with Crippen LogP contribution in [-0.2, 0) is 5.41 Å². The van der Waals surface area contributed by atoms with Crippen molar-refractivity contribution >= 4 is 43.3 Å². The lowest BCUT2D eigenvalue weighted by atomic mass is 9.67. The van der Waals surface area contributed by atoms with Gasteiger partial charge in [0.25, 0.3) is 0 Å². The highest BCUT2D eigenvalue weighted by Gasteiger charge is 2.50. The summed E-state index contributed by atoms with van der Waals surface area (Å²) in [7, 11) is 0. The molecule has 11 rings (SSSR count). The maximum Gasteiger partial charge on any atom is 0.164 e. The maximum absolute atomic E-state index is 5.02. The van der Waals surface area contributed by atoms with E-state index in [1.165, 1.54) is 63.3 Å². The molecule has 1 aliphatic heterocycles. The minimum atomic E-state index is -0.390. The van der Waals surface area contributed by atoms with Gasteiger partial charge in [0, 0.05) is 46.7 Å². The molecule has 0 N–H and O–H groups in total. The van der Waals surface area contributed by atoms with Gasteiger partial charge >= 0.3 is 0 Å². The van der Waals surface area contributed by atoms with Gasteiger partial charge in [-0.15, -0.1) is 11.3 Å². The molecule has 238 valence electrons. The first-order chi connectivity index (χ1) is 25.3. The van der Waals surface area contributed by atoms with Gasteiger partial charge in [-0.05, 0) is 63.7 Å². The molecule has 3 heterocycles. The van der Waals surface area contributed by atoms with Crippen LogP contribution in [0.15, 0.2) is 174 Å². The van der Waals surface area contributed by atoms with Crippen molar-refractivity contribution in [3.8, 4) is 45.3 Å². The lowest BCUT2D eigenvalue weighted by molar-refractivity contribution is 0.723. The van der Waals surface area contributed by atoms with Crippen LogP contribution in [0.2, 0.25) is 0 Å². The number of aromatic nitrogens is 3. The van der Waals surface area contributed by atoms with E-state index in [0.29, 0.717) is 17.5 Å². The third-order valence-electron chi connectivity index (χ3n) is 10.4. The zero-order valence-electron chi connectivity index (χ0n) is 27.2. The first kappa shape index (κ1) is 28.9. The summed E-state index contributed by atoms with van der Waals surface area (Å²) in [6.45, 7) is 0. The quantitative estimate of drug-likeness (QED) is 0.186. The van der Waals surface area contributed by atoms with E-state index in [2.05, 4.69) is 127 Å². The van der Waals surface area contributed by atoms with Crippen molar-refractivity contribution in [2.24, 2.45) is 0 Å². The highest BCUT2D eigenvalue weighted by atomic mass is 32.2. The van der Waals surface area contributed by atoms with Crippen LogP contribution in [-0.4, -0.2) is 15.0 Å². The second-order valence-corrected chi connectivity index (χ2v) is 15.3. The first-order valence-corrected chi connectivity index (χ1v) is 18.7. The normalized spacial score (nSPS) is 13.6. The van der Waals surface area contributed by atoms with Crippen molar-refractivity contribution in [2.45, 2.75) is 15.2 Å². The number of rotatable bonds is 3. The predicted molar refractivity (Wildman–Crippen MR) is 210 cm³/mol. The fourth-order valence-corrected chi connectivity index (χ4v) is 10.6. The van der Waals surface area contributed by atoms with Gasteiger partial charge < -0.3 is 0 Å². The highest BCUT2D eigenvalue weighted by Crippen LogP contribution is 2.63. The Hall–Kier alpha value is -5.88.